The van der Waals surface area contributed by atoms with Crippen molar-refractivity contribution in [1.29, 1.82) is 0 Å². The molecule has 7 nitrogen and oxygen atoms in total. The number of sulfonamides is 1. The van der Waals surface area contributed by atoms with Gasteiger partial charge in [-0.25, -0.2) is 23.4 Å². The summed E-state index contributed by atoms with van der Waals surface area (Å²) in [7, 11) is -3.84. The zero-order valence-electron chi connectivity index (χ0n) is 9.49. The molecule has 0 aromatic carbocycles. The monoisotopic (exact) mass is 318 g/mol. The van der Waals surface area contributed by atoms with Gasteiger partial charge in [0, 0.05) is 12.3 Å². The summed E-state index contributed by atoms with van der Waals surface area (Å²) in [6.07, 6.45) is 2.16. The summed E-state index contributed by atoms with van der Waals surface area (Å²) in [6.45, 7) is 1.35. The van der Waals surface area contributed by atoms with Crippen molar-refractivity contribution in [2.45, 2.75) is 11.8 Å². The van der Waals surface area contributed by atoms with Crippen LogP contribution in [0, 0.1) is 0 Å². The third-order valence-electron chi connectivity index (χ3n) is 1.99. The molecule has 0 radical (unpaired) electrons. The van der Waals surface area contributed by atoms with E-state index in [1.807, 2.05) is 0 Å². The lowest BCUT2D eigenvalue weighted by molar-refractivity contribution is 0.101. The zero-order valence-corrected chi connectivity index (χ0v) is 11.9. The van der Waals surface area contributed by atoms with Crippen LogP contribution < -0.4 is 4.72 Å². The molecule has 0 atom stereocenters. The van der Waals surface area contributed by atoms with Crippen LogP contribution in [0.2, 0.25) is 5.28 Å². The van der Waals surface area contributed by atoms with Gasteiger partial charge in [0.05, 0.1) is 12.4 Å². The van der Waals surface area contributed by atoms with E-state index in [2.05, 4.69) is 19.7 Å². The number of Topliss-reactive ketones (excluding diaryl/α,β-unsaturated/α-hetero) is 1. The Balaban J connectivity index is 2.25. The first-order valence-electron chi connectivity index (χ1n) is 4.85. The van der Waals surface area contributed by atoms with Gasteiger partial charge in [-0.2, -0.15) is 0 Å². The molecule has 0 bridgehead atoms. The van der Waals surface area contributed by atoms with E-state index in [4.69, 9.17) is 11.6 Å². The summed E-state index contributed by atoms with van der Waals surface area (Å²) in [6, 6.07) is 0. The molecule has 19 heavy (non-hydrogen) atoms. The molecule has 2 heterocycles. The maximum absolute atomic E-state index is 11.9. The highest BCUT2D eigenvalue weighted by atomic mass is 35.5. The largest absolute Gasteiger partial charge is 0.293 e. The van der Waals surface area contributed by atoms with Gasteiger partial charge in [-0.3, -0.25) is 9.52 Å². The first kappa shape index (κ1) is 13.8. The Bertz CT molecular complexity index is 711. The Kier molecular flexibility index (Phi) is 3.78. The SMILES string of the molecule is CC(=O)c1csc(NS(=O)(=O)c2cnc(Cl)nc2)n1. The summed E-state index contributed by atoms with van der Waals surface area (Å²) in [5.41, 5.74) is 0.204. The normalized spacial score (nSPS) is 11.3. The van der Waals surface area contributed by atoms with Crippen LogP contribution in [0.25, 0.3) is 0 Å². The average Bonchev–Trinajstić information content (AvgIpc) is 2.77. The van der Waals surface area contributed by atoms with Gasteiger partial charge in [-0.05, 0) is 11.6 Å². The van der Waals surface area contributed by atoms with Crippen LogP contribution in [0.1, 0.15) is 17.4 Å². The second-order valence-corrected chi connectivity index (χ2v) is 6.27. The van der Waals surface area contributed by atoms with Gasteiger partial charge >= 0.3 is 0 Å². The maximum atomic E-state index is 11.9. The summed E-state index contributed by atoms with van der Waals surface area (Å²) < 4.78 is 26.1. The van der Waals surface area contributed by atoms with E-state index in [1.54, 1.807) is 0 Å². The number of rotatable bonds is 4. The van der Waals surface area contributed by atoms with E-state index >= 15 is 0 Å². The molecule has 0 aliphatic rings. The lowest BCUT2D eigenvalue weighted by Gasteiger charge is -2.03. The molecule has 1 N–H and O–H groups in total. The lowest BCUT2D eigenvalue weighted by atomic mass is 10.4. The minimum Gasteiger partial charge on any atom is -0.293 e. The quantitative estimate of drug-likeness (QED) is 0.678. The first-order valence-corrected chi connectivity index (χ1v) is 7.59. The zero-order chi connectivity index (χ0) is 14.0. The number of thiazole rings is 1. The number of anilines is 1. The first-order chi connectivity index (χ1) is 8.88. The third kappa shape index (κ3) is 3.25. The van der Waals surface area contributed by atoms with Gasteiger partial charge in [0.25, 0.3) is 10.0 Å². The van der Waals surface area contributed by atoms with E-state index in [1.165, 1.54) is 12.3 Å². The number of halogens is 1. The molecule has 0 aliphatic carbocycles. The number of hydrogen-bond donors (Lipinski definition) is 1. The number of nitrogens with zero attached hydrogens (tertiary/aromatic N) is 3. The Morgan fingerprint density at radius 1 is 1.37 bits per heavy atom. The average molecular weight is 319 g/mol. The Morgan fingerprint density at radius 3 is 2.53 bits per heavy atom. The van der Waals surface area contributed by atoms with Gasteiger partial charge in [-0.1, -0.05) is 0 Å². The molecule has 2 aromatic heterocycles. The van der Waals surface area contributed by atoms with Crippen LogP contribution in [0.4, 0.5) is 5.13 Å². The number of ketones is 1. The molecule has 2 rings (SSSR count). The van der Waals surface area contributed by atoms with E-state index < -0.39 is 10.0 Å². The van der Waals surface area contributed by atoms with Crippen molar-refractivity contribution in [1.82, 2.24) is 15.0 Å². The molecular weight excluding hydrogens is 312 g/mol. The van der Waals surface area contributed by atoms with Crippen LogP contribution in [-0.4, -0.2) is 29.2 Å². The van der Waals surface area contributed by atoms with E-state index in [-0.39, 0.29) is 26.8 Å². The minimum atomic E-state index is -3.84. The lowest BCUT2D eigenvalue weighted by Crippen LogP contribution is -2.13. The summed E-state index contributed by atoms with van der Waals surface area (Å²) in [5.74, 6) is -0.239. The van der Waals surface area contributed by atoms with E-state index in [0.717, 1.165) is 23.7 Å². The van der Waals surface area contributed by atoms with Gasteiger partial charge in [0.2, 0.25) is 5.28 Å². The fourth-order valence-electron chi connectivity index (χ4n) is 1.10. The van der Waals surface area contributed by atoms with Crippen LogP contribution in [0.3, 0.4) is 0 Å². The highest BCUT2D eigenvalue weighted by Gasteiger charge is 2.17. The second-order valence-electron chi connectivity index (χ2n) is 3.39. The van der Waals surface area contributed by atoms with Crippen LogP contribution >= 0.6 is 22.9 Å². The van der Waals surface area contributed by atoms with Crippen LogP contribution in [0.15, 0.2) is 22.7 Å². The molecular formula is C9H7ClN4O3S2. The maximum Gasteiger partial charge on any atom is 0.266 e. The summed E-state index contributed by atoms with van der Waals surface area (Å²) in [4.78, 5) is 21.9. The molecule has 0 fully saturated rings. The van der Waals surface area contributed by atoms with Gasteiger partial charge < -0.3 is 0 Å². The van der Waals surface area contributed by atoms with Crippen molar-refractivity contribution < 1.29 is 13.2 Å². The highest BCUT2D eigenvalue weighted by Crippen LogP contribution is 2.20. The smallest absolute Gasteiger partial charge is 0.266 e. The fraction of sp³-hybridized carbons (Fsp3) is 0.111. The van der Waals surface area contributed by atoms with Crippen molar-refractivity contribution in [2.24, 2.45) is 0 Å². The molecule has 0 spiro atoms. The topological polar surface area (TPSA) is 102 Å². The Labute approximate surface area is 117 Å². The summed E-state index contributed by atoms with van der Waals surface area (Å²) in [5, 5.41) is 1.52. The Morgan fingerprint density at radius 2 is 2.00 bits per heavy atom. The number of carbonyl (C=O) groups is 1. The molecule has 0 aliphatic heterocycles. The third-order valence-corrected chi connectivity index (χ3v) is 4.37. The molecule has 0 saturated heterocycles. The van der Waals surface area contributed by atoms with Crippen LogP contribution in [0.5, 0.6) is 0 Å². The molecule has 100 valence electrons. The molecule has 10 heteroatoms. The van der Waals surface area contributed by atoms with Crippen LogP contribution in [-0.2, 0) is 10.0 Å². The van der Waals surface area contributed by atoms with E-state index in [9.17, 15) is 13.2 Å². The predicted octanol–water partition coefficient (Wildman–Crippen LogP) is 1.59. The molecule has 0 saturated carbocycles. The highest BCUT2D eigenvalue weighted by molar-refractivity contribution is 7.93. The van der Waals surface area contributed by atoms with Gasteiger partial charge in [-0.15, -0.1) is 11.3 Å². The molecule has 0 unspecified atom stereocenters. The molecule has 2 aromatic rings. The van der Waals surface area contributed by atoms with Crippen molar-refractivity contribution in [2.75, 3.05) is 4.72 Å². The van der Waals surface area contributed by atoms with Gasteiger partial charge in [0.15, 0.2) is 10.9 Å². The van der Waals surface area contributed by atoms with Crippen molar-refractivity contribution in [3.05, 3.63) is 28.8 Å². The van der Waals surface area contributed by atoms with Crippen molar-refractivity contribution >= 4 is 43.9 Å². The van der Waals surface area contributed by atoms with Crippen molar-refractivity contribution in [3.63, 3.8) is 0 Å². The summed E-state index contributed by atoms with van der Waals surface area (Å²) >= 11 is 6.49. The van der Waals surface area contributed by atoms with Crippen molar-refractivity contribution in [3.8, 4) is 0 Å². The predicted molar refractivity (Wildman–Crippen MR) is 70.0 cm³/mol. The van der Waals surface area contributed by atoms with E-state index in [0.29, 0.717) is 0 Å². The molecule has 0 amide bonds. The minimum absolute atomic E-state index is 0.0490. The standard InChI is InChI=1S/C9H7ClN4O3S2/c1-5(15)7-4-18-9(13-7)14-19(16,17)6-2-11-8(10)12-3-6/h2-4H,1H3,(H,13,14). The number of hydrogen-bond acceptors (Lipinski definition) is 7. The number of carbonyl (C=O) groups excluding carboxylic acids is 1. The fourth-order valence-corrected chi connectivity index (χ4v) is 3.08. The number of nitrogens with one attached hydrogen (secondary N) is 1. The number of aromatic nitrogens is 3. The second kappa shape index (κ2) is 5.19. The van der Waals surface area contributed by atoms with Gasteiger partial charge in [0.1, 0.15) is 10.6 Å². The Hall–Kier alpha value is -1.58.